The molecule has 0 aliphatic carbocycles. The molecular weight excluding hydrogens is 915 g/mol. The zero-order valence-electron chi connectivity index (χ0n) is 32.5. The topological polar surface area (TPSA) is 425 Å². The number of benzene rings is 1. The minimum Gasteiger partial charge on any atom is -0.790 e. The Hall–Kier alpha value is -4.08. The van der Waals surface area contributed by atoms with Crippen LogP contribution in [0.4, 0.5) is 5.82 Å². The van der Waals surface area contributed by atoms with Gasteiger partial charge in [-0.2, -0.15) is 0 Å². The molecule has 0 bridgehead atoms. The highest BCUT2D eigenvalue weighted by molar-refractivity contribution is 8.14. The van der Waals surface area contributed by atoms with Crippen molar-refractivity contribution in [1.29, 1.82) is 0 Å². The van der Waals surface area contributed by atoms with Gasteiger partial charge in [-0.15, -0.1) is 0 Å². The number of phosphoric acid groups is 3. The van der Waals surface area contributed by atoms with Crippen molar-refractivity contribution in [2.45, 2.75) is 50.9 Å². The van der Waals surface area contributed by atoms with E-state index in [1.165, 1.54) is 45.2 Å². The number of hydrogen-bond donors (Lipinski definition) is 7. The van der Waals surface area contributed by atoms with Gasteiger partial charge in [0.15, 0.2) is 29.2 Å². The number of nitrogens with one attached hydrogen (secondary N) is 2. The molecular formula is C31H40N7O20P3S-4. The lowest BCUT2D eigenvalue weighted by Gasteiger charge is -2.36. The van der Waals surface area contributed by atoms with Crippen LogP contribution >= 0.6 is 35.2 Å². The number of ether oxygens (including phenoxy) is 2. The number of amides is 2. The zero-order chi connectivity index (χ0) is 46.2. The third-order valence-corrected chi connectivity index (χ3v) is 12.3. The van der Waals surface area contributed by atoms with Gasteiger partial charge in [-0.1, -0.05) is 31.7 Å². The summed E-state index contributed by atoms with van der Waals surface area (Å²) in [6, 6.07) is 2.62. The monoisotopic (exact) mass is 955 g/mol. The number of thioether (sulfide) groups is 1. The van der Waals surface area contributed by atoms with E-state index in [4.69, 9.17) is 15.2 Å². The van der Waals surface area contributed by atoms with Crippen molar-refractivity contribution >= 4 is 75.2 Å². The Morgan fingerprint density at radius 1 is 1.06 bits per heavy atom. The van der Waals surface area contributed by atoms with Gasteiger partial charge in [0.2, 0.25) is 22.7 Å². The number of phosphoric ester groups is 3. The van der Waals surface area contributed by atoms with Gasteiger partial charge >= 0.3 is 0 Å². The van der Waals surface area contributed by atoms with Crippen molar-refractivity contribution in [2.75, 3.05) is 44.9 Å². The molecule has 31 heteroatoms. The number of phenols is 2. The summed E-state index contributed by atoms with van der Waals surface area (Å²) in [5.41, 5.74) is 4.38. The average Bonchev–Trinajstić information content (AvgIpc) is 3.74. The first-order valence-corrected chi connectivity index (χ1v) is 23.0. The lowest BCUT2D eigenvalue weighted by molar-refractivity contribution is -0.347. The summed E-state index contributed by atoms with van der Waals surface area (Å²) in [5.74, 6) is -2.41. The Morgan fingerprint density at radius 2 is 1.76 bits per heavy atom. The maximum Gasteiger partial charge on any atom is 0.274 e. The molecule has 62 heavy (non-hydrogen) atoms. The minimum atomic E-state index is -5.94. The second-order valence-electron chi connectivity index (χ2n) is 13.6. The summed E-state index contributed by atoms with van der Waals surface area (Å²) in [5, 5.41) is 45.2. The summed E-state index contributed by atoms with van der Waals surface area (Å²) in [6.45, 7) is -0.200. The van der Waals surface area contributed by atoms with Crippen LogP contribution in [0.15, 0.2) is 30.9 Å². The highest BCUT2D eigenvalue weighted by Gasteiger charge is 2.47. The van der Waals surface area contributed by atoms with Gasteiger partial charge < -0.3 is 84.0 Å². The highest BCUT2D eigenvalue weighted by Crippen LogP contribution is 2.56. The molecule has 1 aliphatic heterocycles. The standard InChI is InChI=1S/C31H44N7O20P3S/c1-31(2,26(44)29(45)34-7-6-20(40)33-8-9-62-21(41)5-4-16-10-17(39)23(42)18(11-16)53-3)13-55-61(51,52)58-60(49,50)54-12-19-25(57-59(46,47)48)24(43)30(56-19)38-15-37-22-27(32)35-14-36-28(22)38/h4-5,10-11,14-15,19,24-26,30,39,42-44H,6-9,12-13H2,1-3H3,(H,33,40)(H,34,45)(H,49,50)(H,51,52)(H2,32,35,36)(H2,46,47,48)/p-4/b5-4+. The number of nitrogens with zero attached hydrogens (tertiary/aromatic N) is 4. The first kappa shape index (κ1) is 50.6. The van der Waals surface area contributed by atoms with Gasteiger partial charge in [0.1, 0.15) is 36.3 Å². The Morgan fingerprint density at radius 3 is 2.44 bits per heavy atom. The molecule has 1 saturated heterocycles. The third-order valence-electron chi connectivity index (χ3n) is 8.43. The van der Waals surface area contributed by atoms with Crippen LogP contribution in [-0.2, 0) is 50.7 Å². The molecule has 7 unspecified atom stereocenters. The molecule has 344 valence electrons. The van der Waals surface area contributed by atoms with Gasteiger partial charge in [0, 0.05) is 30.7 Å². The molecule has 0 radical (unpaired) electrons. The Kier molecular flexibility index (Phi) is 17.2. The van der Waals surface area contributed by atoms with E-state index in [-0.39, 0.29) is 53.1 Å². The van der Waals surface area contributed by atoms with E-state index in [2.05, 4.69) is 43.5 Å². The normalized spacial score (nSPS) is 20.7. The molecule has 1 aromatic carbocycles. The summed E-state index contributed by atoms with van der Waals surface area (Å²) in [6.07, 6.45) is -5.20. The predicted molar refractivity (Wildman–Crippen MR) is 204 cm³/mol. The van der Waals surface area contributed by atoms with E-state index in [9.17, 15) is 68.1 Å². The van der Waals surface area contributed by atoms with Gasteiger partial charge in [0.05, 0.1) is 34.5 Å². The SMILES string of the molecule is COc1cc(/C=C/C(=O)SCCNC(=O)CCNC(=O)C(O)C(C)(C)COP(=O)([O-])OP(=O)([O-])OCC2OC(n3cnc4c(N)ncnc43)C(O)C2OP(=O)([O-])[O-])cc(O)c1O. The van der Waals surface area contributed by atoms with E-state index in [0.717, 1.165) is 29.0 Å². The molecule has 0 spiro atoms. The minimum absolute atomic E-state index is 0.00368. The average molecular weight is 956 g/mol. The van der Waals surface area contributed by atoms with Crippen molar-refractivity contribution in [2.24, 2.45) is 5.41 Å². The van der Waals surface area contributed by atoms with E-state index in [1.807, 2.05) is 0 Å². The number of aliphatic hydroxyl groups is 2. The smallest absolute Gasteiger partial charge is 0.274 e. The molecule has 3 heterocycles. The Bertz CT molecular complexity index is 2280. The molecule has 27 nitrogen and oxygen atoms in total. The molecule has 2 aromatic heterocycles. The number of nitrogens with two attached hydrogens (primary N) is 1. The van der Waals surface area contributed by atoms with Crippen LogP contribution in [0, 0.1) is 5.41 Å². The number of methoxy groups -OCH3 is 1. The van der Waals surface area contributed by atoms with Crippen molar-refractivity contribution < 1.29 is 95.4 Å². The predicted octanol–water partition coefficient (Wildman–Crippen LogP) is -2.73. The fourth-order valence-electron chi connectivity index (χ4n) is 5.34. The molecule has 8 N–H and O–H groups in total. The quantitative estimate of drug-likeness (QED) is 0.0233. The maximum absolute atomic E-state index is 12.6. The van der Waals surface area contributed by atoms with Crippen LogP contribution in [0.25, 0.3) is 17.2 Å². The second kappa shape index (κ2) is 21.1. The van der Waals surface area contributed by atoms with Crippen molar-refractivity contribution in [1.82, 2.24) is 30.2 Å². The van der Waals surface area contributed by atoms with Crippen LogP contribution in [0.5, 0.6) is 17.2 Å². The molecule has 1 aliphatic rings. The summed E-state index contributed by atoms with van der Waals surface area (Å²) in [7, 11) is -16.4. The molecule has 7 atom stereocenters. The number of carbonyl (C=O) groups is 3. The van der Waals surface area contributed by atoms with Crippen molar-refractivity contribution in [3.05, 3.63) is 36.4 Å². The van der Waals surface area contributed by atoms with E-state index >= 15 is 0 Å². The van der Waals surface area contributed by atoms with Crippen LogP contribution in [-0.4, -0.2) is 120 Å². The number of aromatic nitrogens is 4. The number of carbonyl (C=O) groups excluding carboxylic acids is 3. The molecule has 1 fully saturated rings. The highest BCUT2D eigenvalue weighted by atomic mass is 32.2. The fraction of sp³-hybridized carbons (Fsp3) is 0.484. The van der Waals surface area contributed by atoms with E-state index in [0.29, 0.717) is 5.56 Å². The van der Waals surface area contributed by atoms with Crippen LogP contribution in [0.3, 0.4) is 0 Å². The Labute approximate surface area is 355 Å². The van der Waals surface area contributed by atoms with E-state index in [1.54, 1.807) is 0 Å². The van der Waals surface area contributed by atoms with Crippen molar-refractivity contribution in [3.63, 3.8) is 0 Å². The fourth-order valence-corrected chi connectivity index (χ4v) is 8.64. The number of rotatable bonds is 22. The zero-order valence-corrected chi connectivity index (χ0v) is 36.0. The van der Waals surface area contributed by atoms with Crippen LogP contribution in [0.1, 0.15) is 32.1 Å². The van der Waals surface area contributed by atoms with Crippen LogP contribution < -0.4 is 40.7 Å². The third kappa shape index (κ3) is 14.2. The number of anilines is 1. The number of phenolic OH excluding ortho intramolecular Hbond substituents is 2. The van der Waals surface area contributed by atoms with Gasteiger partial charge in [0.25, 0.3) is 15.6 Å². The number of nitrogen functional groups attached to an aromatic ring is 1. The van der Waals surface area contributed by atoms with Gasteiger partial charge in [-0.05, 0) is 23.8 Å². The lowest BCUT2D eigenvalue weighted by Crippen LogP contribution is -2.46. The lowest BCUT2D eigenvalue weighted by atomic mass is 9.87. The summed E-state index contributed by atoms with van der Waals surface area (Å²) >= 11 is 0.865. The second-order valence-corrected chi connectivity index (χ2v) is 18.7. The molecule has 3 aromatic rings. The molecule has 4 rings (SSSR count). The number of aromatic hydroxyl groups is 2. The van der Waals surface area contributed by atoms with Gasteiger partial charge in [-0.25, -0.2) is 19.3 Å². The largest absolute Gasteiger partial charge is 0.790 e. The number of fused-ring (bicyclic) bond motifs is 1. The van der Waals surface area contributed by atoms with Crippen LogP contribution in [0.2, 0.25) is 0 Å². The van der Waals surface area contributed by atoms with Crippen molar-refractivity contribution in [3.8, 4) is 17.2 Å². The number of imidazole rings is 1. The summed E-state index contributed by atoms with van der Waals surface area (Å²) < 4.78 is 65.5. The summed E-state index contributed by atoms with van der Waals surface area (Å²) in [4.78, 5) is 96.5. The first-order chi connectivity index (χ1) is 28.8. The maximum atomic E-state index is 12.6. The number of aliphatic hydroxyl groups excluding tert-OH is 2. The van der Waals surface area contributed by atoms with Gasteiger partial charge in [-0.3, -0.25) is 28.1 Å². The first-order valence-electron chi connectivity index (χ1n) is 17.6. The number of hydrogen-bond acceptors (Lipinski definition) is 25. The molecule has 0 saturated carbocycles. The van der Waals surface area contributed by atoms with E-state index < -0.39 is 96.1 Å². The Balaban J connectivity index is 1.20. The molecule has 2 amide bonds.